The van der Waals surface area contributed by atoms with Gasteiger partial charge in [0.1, 0.15) is 16.8 Å². The lowest BCUT2D eigenvalue weighted by Gasteiger charge is -2.21. The summed E-state index contributed by atoms with van der Waals surface area (Å²) < 4.78 is 5.23. The molecule has 0 aliphatic heterocycles. The lowest BCUT2D eigenvalue weighted by atomic mass is 10.0. The SMILES string of the molecule is COc1cccc(-c2nnc(NC(=O)C(NC(=O)c3ccccc3C)C(C)C)s2)c1. The van der Waals surface area contributed by atoms with E-state index in [1.807, 2.05) is 57.2 Å². The van der Waals surface area contributed by atoms with Crippen LogP contribution < -0.4 is 15.4 Å². The topological polar surface area (TPSA) is 93.2 Å². The van der Waals surface area contributed by atoms with Gasteiger partial charge in [-0.1, -0.05) is 55.5 Å². The summed E-state index contributed by atoms with van der Waals surface area (Å²) in [5.41, 5.74) is 2.25. The van der Waals surface area contributed by atoms with E-state index < -0.39 is 6.04 Å². The standard InChI is InChI=1S/C22H24N4O3S/c1-13(2)18(23-19(27)17-11-6-5-8-14(17)3)20(28)24-22-26-25-21(30-22)15-9-7-10-16(12-15)29-4/h5-13,18H,1-4H3,(H,23,27)(H,24,26,28). The average molecular weight is 425 g/mol. The molecule has 1 aromatic heterocycles. The van der Waals surface area contributed by atoms with Crippen LogP contribution in [0.25, 0.3) is 10.6 Å². The first-order valence-corrected chi connectivity index (χ1v) is 10.4. The zero-order chi connectivity index (χ0) is 21.7. The second kappa shape index (κ2) is 9.49. The first kappa shape index (κ1) is 21.4. The van der Waals surface area contributed by atoms with Crippen LogP contribution in [-0.4, -0.2) is 35.2 Å². The summed E-state index contributed by atoms with van der Waals surface area (Å²) in [6.07, 6.45) is 0. The third-order valence-electron chi connectivity index (χ3n) is 4.60. The minimum atomic E-state index is -0.707. The van der Waals surface area contributed by atoms with Crippen molar-refractivity contribution in [3.8, 4) is 16.3 Å². The van der Waals surface area contributed by atoms with E-state index in [4.69, 9.17) is 4.74 Å². The summed E-state index contributed by atoms with van der Waals surface area (Å²) in [5, 5.41) is 14.9. The number of carbonyl (C=O) groups excluding carboxylic acids is 2. The van der Waals surface area contributed by atoms with Gasteiger partial charge in [-0.05, 0) is 36.6 Å². The third-order valence-corrected chi connectivity index (χ3v) is 5.49. The van der Waals surface area contributed by atoms with E-state index in [1.54, 1.807) is 19.2 Å². The fourth-order valence-corrected chi connectivity index (χ4v) is 3.65. The van der Waals surface area contributed by atoms with E-state index in [0.29, 0.717) is 21.5 Å². The minimum absolute atomic E-state index is 0.108. The minimum Gasteiger partial charge on any atom is -0.497 e. The molecule has 0 radical (unpaired) electrons. The first-order valence-electron chi connectivity index (χ1n) is 9.54. The van der Waals surface area contributed by atoms with E-state index >= 15 is 0 Å². The lowest BCUT2D eigenvalue weighted by molar-refractivity contribution is -0.118. The smallest absolute Gasteiger partial charge is 0.252 e. The molecule has 3 aromatic rings. The molecule has 1 unspecified atom stereocenters. The Bertz CT molecular complexity index is 1050. The summed E-state index contributed by atoms with van der Waals surface area (Å²) in [6.45, 7) is 5.62. The number of ether oxygens (including phenoxy) is 1. The molecule has 0 saturated heterocycles. The quantitative estimate of drug-likeness (QED) is 0.600. The Hall–Kier alpha value is -3.26. The summed E-state index contributed by atoms with van der Waals surface area (Å²) in [4.78, 5) is 25.5. The number of hydrogen-bond acceptors (Lipinski definition) is 6. The normalized spacial score (nSPS) is 11.8. The maximum absolute atomic E-state index is 12.8. The molecule has 0 aliphatic rings. The van der Waals surface area contributed by atoms with E-state index in [0.717, 1.165) is 11.1 Å². The van der Waals surface area contributed by atoms with Crippen LogP contribution in [0.2, 0.25) is 0 Å². The Labute approximate surface area is 179 Å². The Morgan fingerprint density at radius 3 is 2.53 bits per heavy atom. The zero-order valence-electron chi connectivity index (χ0n) is 17.3. The average Bonchev–Trinajstić information content (AvgIpc) is 3.20. The fourth-order valence-electron chi connectivity index (χ4n) is 2.91. The maximum Gasteiger partial charge on any atom is 0.252 e. The maximum atomic E-state index is 12.8. The molecule has 2 amide bonds. The molecule has 3 rings (SSSR count). The molecular weight excluding hydrogens is 400 g/mol. The zero-order valence-corrected chi connectivity index (χ0v) is 18.1. The van der Waals surface area contributed by atoms with Gasteiger partial charge in [-0.3, -0.25) is 14.9 Å². The van der Waals surface area contributed by atoms with Gasteiger partial charge >= 0.3 is 0 Å². The highest BCUT2D eigenvalue weighted by atomic mass is 32.1. The molecule has 156 valence electrons. The van der Waals surface area contributed by atoms with Crippen molar-refractivity contribution >= 4 is 28.3 Å². The highest BCUT2D eigenvalue weighted by Crippen LogP contribution is 2.29. The van der Waals surface area contributed by atoms with Crippen molar-refractivity contribution in [2.75, 3.05) is 12.4 Å². The molecule has 2 aromatic carbocycles. The number of anilines is 1. The number of aromatic nitrogens is 2. The van der Waals surface area contributed by atoms with Gasteiger partial charge in [0.05, 0.1) is 7.11 Å². The number of hydrogen-bond donors (Lipinski definition) is 2. The van der Waals surface area contributed by atoms with Gasteiger partial charge in [0.25, 0.3) is 5.91 Å². The van der Waals surface area contributed by atoms with Crippen LogP contribution >= 0.6 is 11.3 Å². The van der Waals surface area contributed by atoms with E-state index in [-0.39, 0.29) is 17.7 Å². The molecule has 30 heavy (non-hydrogen) atoms. The van der Waals surface area contributed by atoms with Crippen LogP contribution in [-0.2, 0) is 4.79 Å². The molecule has 0 fully saturated rings. The number of amides is 2. The number of aryl methyl sites for hydroxylation is 1. The molecule has 8 heteroatoms. The number of nitrogens with zero attached hydrogens (tertiary/aromatic N) is 2. The van der Waals surface area contributed by atoms with Gasteiger partial charge in [0.2, 0.25) is 11.0 Å². The summed E-state index contributed by atoms with van der Waals surface area (Å²) in [5.74, 6) is -0.00706. The first-order chi connectivity index (χ1) is 14.4. The Morgan fingerprint density at radius 1 is 1.07 bits per heavy atom. The number of carbonyl (C=O) groups is 2. The number of benzene rings is 2. The van der Waals surface area contributed by atoms with Crippen molar-refractivity contribution in [1.82, 2.24) is 15.5 Å². The van der Waals surface area contributed by atoms with Crippen molar-refractivity contribution in [1.29, 1.82) is 0 Å². The second-order valence-corrected chi connectivity index (χ2v) is 8.12. The highest BCUT2D eigenvalue weighted by Gasteiger charge is 2.26. The van der Waals surface area contributed by atoms with Crippen LogP contribution in [0.3, 0.4) is 0 Å². The Balaban J connectivity index is 1.72. The molecule has 0 saturated carbocycles. The van der Waals surface area contributed by atoms with Gasteiger partial charge in [-0.2, -0.15) is 0 Å². The molecule has 0 spiro atoms. The summed E-state index contributed by atoms with van der Waals surface area (Å²) >= 11 is 1.26. The number of rotatable bonds is 7. The second-order valence-electron chi connectivity index (χ2n) is 7.14. The lowest BCUT2D eigenvalue weighted by Crippen LogP contribution is -2.47. The molecular formula is C22H24N4O3S. The van der Waals surface area contributed by atoms with E-state index in [1.165, 1.54) is 11.3 Å². The Morgan fingerprint density at radius 2 is 1.83 bits per heavy atom. The molecule has 1 atom stereocenters. The van der Waals surface area contributed by atoms with Crippen LogP contribution in [0.1, 0.15) is 29.8 Å². The predicted octanol–water partition coefficient (Wildman–Crippen LogP) is 3.92. The third kappa shape index (κ3) is 5.01. The number of nitrogens with one attached hydrogen (secondary N) is 2. The van der Waals surface area contributed by atoms with Gasteiger partial charge in [-0.25, -0.2) is 0 Å². The van der Waals surface area contributed by atoms with E-state index in [9.17, 15) is 9.59 Å². The largest absolute Gasteiger partial charge is 0.497 e. The molecule has 0 bridgehead atoms. The van der Waals surface area contributed by atoms with Crippen molar-refractivity contribution in [2.24, 2.45) is 5.92 Å². The van der Waals surface area contributed by atoms with Crippen LogP contribution in [0.4, 0.5) is 5.13 Å². The molecule has 0 aliphatic carbocycles. The number of methoxy groups -OCH3 is 1. The molecule has 1 heterocycles. The highest BCUT2D eigenvalue weighted by molar-refractivity contribution is 7.18. The fraction of sp³-hybridized carbons (Fsp3) is 0.273. The summed E-state index contributed by atoms with van der Waals surface area (Å²) in [6, 6.07) is 14.0. The van der Waals surface area contributed by atoms with Crippen LogP contribution in [0, 0.1) is 12.8 Å². The van der Waals surface area contributed by atoms with Gasteiger partial charge in [-0.15, -0.1) is 10.2 Å². The van der Waals surface area contributed by atoms with Gasteiger partial charge in [0.15, 0.2) is 0 Å². The summed E-state index contributed by atoms with van der Waals surface area (Å²) in [7, 11) is 1.60. The molecule has 7 nitrogen and oxygen atoms in total. The van der Waals surface area contributed by atoms with Crippen molar-refractivity contribution in [3.63, 3.8) is 0 Å². The van der Waals surface area contributed by atoms with Crippen LogP contribution in [0.15, 0.2) is 48.5 Å². The monoisotopic (exact) mass is 424 g/mol. The van der Waals surface area contributed by atoms with Crippen molar-refractivity contribution in [2.45, 2.75) is 26.8 Å². The van der Waals surface area contributed by atoms with Crippen molar-refractivity contribution < 1.29 is 14.3 Å². The molecule has 2 N–H and O–H groups in total. The van der Waals surface area contributed by atoms with Crippen LogP contribution in [0.5, 0.6) is 5.75 Å². The van der Waals surface area contributed by atoms with Crippen molar-refractivity contribution in [3.05, 3.63) is 59.7 Å². The predicted molar refractivity (Wildman–Crippen MR) is 118 cm³/mol. The Kier molecular flexibility index (Phi) is 6.79. The van der Waals surface area contributed by atoms with Gasteiger partial charge in [0, 0.05) is 11.1 Å². The van der Waals surface area contributed by atoms with E-state index in [2.05, 4.69) is 20.8 Å². The van der Waals surface area contributed by atoms with Gasteiger partial charge < -0.3 is 10.1 Å².